The molecule has 0 spiro atoms. The molecular weight excluding hydrogens is 390 g/mol. The van der Waals surface area contributed by atoms with Gasteiger partial charge in [-0.15, -0.1) is 0 Å². The van der Waals surface area contributed by atoms with Gasteiger partial charge in [-0.25, -0.2) is 0 Å². The smallest absolute Gasteiger partial charge is 0.262 e. The summed E-state index contributed by atoms with van der Waals surface area (Å²) < 4.78 is 11.0. The Labute approximate surface area is 188 Å². The van der Waals surface area contributed by atoms with E-state index in [1.807, 2.05) is 72.7 Å². The highest BCUT2D eigenvalue weighted by molar-refractivity contribution is 6.04. The fourth-order valence-corrected chi connectivity index (χ4v) is 3.18. The first kappa shape index (κ1) is 26.7. The molecule has 0 radical (unpaired) electrons. The van der Waals surface area contributed by atoms with Crippen molar-refractivity contribution in [2.24, 2.45) is 0 Å². The summed E-state index contributed by atoms with van der Waals surface area (Å²) in [5.74, 6) is -0.350. The zero-order valence-electron chi connectivity index (χ0n) is 20.2. The second-order valence-electron chi connectivity index (χ2n) is 8.27. The zero-order valence-corrected chi connectivity index (χ0v) is 20.2. The normalized spacial score (nSPS) is 14.9. The second kappa shape index (κ2) is 13.1. The Morgan fingerprint density at radius 1 is 1.23 bits per heavy atom. The van der Waals surface area contributed by atoms with E-state index in [9.17, 15) is 10.1 Å². The van der Waals surface area contributed by atoms with Crippen LogP contribution >= 0.6 is 0 Å². The van der Waals surface area contributed by atoms with Gasteiger partial charge in [-0.3, -0.25) is 4.79 Å². The molecule has 1 amide bonds. The van der Waals surface area contributed by atoms with E-state index in [4.69, 9.17) is 9.47 Å². The van der Waals surface area contributed by atoms with Gasteiger partial charge < -0.3 is 19.7 Å². The first-order valence-electron chi connectivity index (χ1n) is 11.2. The van der Waals surface area contributed by atoms with E-state index < -0.39 is 5.54 Å². The molecule has 1 aliphatic heterocycles. The summed E-state index contributed by atoms with van der Waals surface area (Å²) in [4.78, 5) is 15.0. The van der Waals surface area contributed by atoms with Crippen LogP contribution in [0.1, 0.15) is 60.5 Å². The molecule has 1 heterocycles. The summed E-state index contributed by atoms with van der Waals surface area (Å²) in [7, 11) is 0. The predicted octanol–water partition coefficient (Wildman–Crippen LogP) is 4.56. The molecule has 0 aromatic heterocycles. The predicted molar refractivity (Wildman–Crippen MR) is 127 cm³/mol. The van der Waals surface area contributed by atoms with Crippen molar-refractivity contribution >= 4 is 17.2 Å². The van der Waals surface area contributed by atoms with E-state index in [1.54, 1.807) is 0 Å². The van der Waals surface area contributed by atoms with Gasteiger partial charge in [-0.05, 0) is 64.3 Å². The lowest BCUT2D eigenvalue weighted by Crippen LogP contribution is -2.45. The number of allylic oxidation sites excluding steroid dienone is 1. The van der Waals surface area contributed by atoms with Crippen LogP contribution in [-0.2, 0) is 14.3 Å². The van der Waals surface area contributed by atoms with Gasteiger partial charge >= 0.3 is 0 Å². The Hall–Kier alpha value is -2.36. The van der Waals surface area contributed by atoms with Gasteiger partial charge in [0, 0.05) is 30.9 Å². The maximum Gasteiger partial charge on any atom is 0.262 e. The van der Waals surface area contributed by atoms with E-state index in [2.05, 4.69) is 16.3 Å². The van der Waals surface area contributed by atoms with E-state index in [-0.39, 0.29) is 17.6 Å². The fourth-order valence-electron chi connectivity index (χ4n) is 3.18. The minimum atomic E-state index is -0.464. The molecule has 1 aromatic carbocycles. The van der Waals surface area contributed by atoms with Crippen molar-refractivity contribution < 1.29 is 14.3 Å². The Kier molecular flexibility index (Phi) is 11.3. The Morgan fingerprint density at radius 2 is 1.81 bits per heavy atom. The molecule has 0 bridgehead atoms. The summed E-state index contributed by atoms with van der Waals surface area (Å²) >= 11 is 0. The van der Waals surface area contributed by atoms with Crippen LogP contribution in [0.4, 0.5) is 5.69 Å². The molecule has 0 saturated carbocycles. The number of morpholine rings is 1. The van der Waals surface area contributed by atoms with E-state index in [0.717, 1.165) is 37.6 Å². The van der Waals surface area contributed by atoms with Crippen molar-refractivity contribution in [1.82, 2.24) is 5.32 Å². The molecule has 1 aliphatic rings. The van der Waals surface area contributed by atoms with Crippen molar-refractivity contribution in [1.29, 1.82) is 5.26 Å². The number of hydrogen-bond donors (Lipinski definition) is 1. The summed E-state index contributed by atoms with van der Waals surface area (Å²) in [5, 5.41) is 12.6. The SMILES string of the molecule is C/C(=C(/C#N)C(=O)NC(C)(C)CCOC(C)C)c1ccc(N2CCOCC2)cc1.CC. The number of anilines is 1. The molecule has 1 N–H and O–H groups in total. The van der Waals surface area contributed by atoms with Gasteiger partial charge in [0.1, 0.15) is 11.6 Å². The lowest BCUT2D eigenvalue weighted by molar-refractivity contribution is -0.118. The third-order valence-electron chi connectivity index (χ3n) is 5.02. The van der Waals surface area contributed by atoms with E-state index in [0.29, 0.717) is 18.6 Å². The summed E-state index contributed by atoms with van der Waals surface area (Å²) in [6, 6.07) is 10.1. The highest BCUT2D eigenvalue weighted by Gasteiger charge is 2.24. The molecule has 2 rings (SSSR count). The monoisotopic (exact) mass is 429 g/mol. The number of nitrogens with one attached hydrogen (secondary N) is 1. The molecule has 31 heavy (non-hydrogen) atoms. The first-order valence-corrected chi connectivity index (χ1v) is 11.2. The number of amides is 1. The number of rotatable bonds is 8. The van der Waals surface area contributed by atoms with Gasteiger partial charge in [0.05, 0.1) is 19.3 Å². The molecule has 0 aliphatic carbocycles. The van der Waals surface area contributed by atoms with Gasteiger partial charge in [0.25, 0.3) is 5.91 Å². The van der Waals surface area contributed by atoms with Crippen molar-refractivity contribution in [2.75, 3.05) is 37.8 Å². The van der Waals surface area contributed by atoms with Crippen LogP contribution < -0.4 is 10.2 Å². The highest BCUT2D eigenvalue weighted by Crippen LogP contribution is 2.23. The second-order valence-corrected chi connectivity index (χ2v) is 8.27. The Bertz CT molecular complexity index is 755. The topological polar surface area (TPSA) is 74.6 Å². The molecule has 6 heteroatoms. The molecule has 6 nitrogen and oxygen atoms in total. The van der Waals surface area contributed by atoms with Gasteiger partial charge in [0.15, 0.2) is 0 Å². The number of carbonyl (C=O) groups excluding carboxylic acids is 1. The molecule has 1 aromatic rings. The van der Waals surface area contributed by atoms with Crippen molar-refractivity contribution in [3.63, 3.8) is 0 Å². The Balaban J connectivity index is 0.00000233. The summed E-state index contributed by atoms with van der Waals surface area (Å²) in [6.07, 6.45) is 0.821. The molecule has 0 unspecified atom stereocenters. The number of nitrogens with zero attached hydrogens (tertiary/aromatic N) is 2. The third-order valence-corrected chi connectivity index (χ3v) is 5.02. The van der Waals surface area contributed by atoms with Gasteiger partial charge in [0.2, 0.25) is 0 Å². The van der Waals surface area contributed by atoms with Crippen LogP contribution in [0, 0.1) is 11.3 Å². The fraction of sp³-hybridized carbons (Fsp3) is 0.600. The van der Waals surface area contributed by atoms with Gasteiger partial charge in [-0.1, -0.05) is 26.0 Å². The lowest BCUT2D eigenvalue weighted by Gasteiger charge is -2.29. The number of benzene rings is 1. The minimum Gasteiger partial charge on any atom is -0.379 e. The van der Waals surface area contributed by atoms with Crippen LogP contribution in [0.15, 0.2) is 29.8 Å². The van der Waals surface area contributed by atoms with Crippen LogP contribution in [0.3, 0.4) is 0 Å². The van der Waals surface area contributed by atoms with E-state index in [1.165, 1.54) is 0 Å². The Morgan fingerprint density at radius 3 is 2.32 bits per heavy atom. The van der Waals surface area contributed by atoms with E-state index >= 15 is 0 Å². The number of carbonyl (C=O) groups is 1. The average molecular weight is 430 g/mol. The maximum absolute atomic E-state index is 12.8. The zero-order chi connectivity index (χ0) is 23.4. The molecular formula is C25H39N3O3. The van der Waals surface area contributed by atoms with Crippen LogP contribution in [0.25, 0.3) is 5.57 Å². The number of hydrogen-bond acceptors (Lipinski definition) is 5. The van der Waals surface area contributed by atoms with Crippen molar-refractivity contribution in [2.45, 2.75) is 66.5 Å². The minimum absolute atomic E-state index is 0.141. The molecule has 0 atom stereocenters. The van der Waals surface area contributed by atoms with Crippen molar-refractivity contribution in [3.8, 4) is 6.07 Å². The molecule has 1 saturated heterocycles. The first-order chi connectivity index (χ1) is 14.7. The van der Waals surface area contributed by atoms with Gasteiger partial charge in [-0.2, -0.15) is 5.26 Å². The number of ether oxygens (including phenoxy) is 2. The lowest BCUT2D eigenvalue weighted by atomic mass is 9.97. The standard InChI is InChI=1S/C23H33N3O3.C2H6/c1-17(2)29-13-10-23(4,5)25-22(27)21(16-24)18(3)19-6-8-20(9-7-19)26-11-14-28-15-12-26;1-2/h6-9,17H,10-15H2,1-5H3,(H,25,27);1-2H3/b21-18+;. The van der Waals surface area contributed by atoms with Crippen molar-refractivity contribution in [3.05, 3.63) is 35.4 Å². The van der Waals surface area contributed by atoms with Crippen LogP contribution in [0.5, 0.6) is 0 Å². The quantitative estimate of drug-likeness (QED) is 0.484. The average Bonchev–Trinajstić information content (AvgIpc) is 2.75. The van der Waals surface area contributed by atoms with Crippen LogP contribution in [-0.4, -0.2) is 50.5 Å². The third kappa shape index (κ3) is 8.72. The molecule has 172 valence electrons. The summed E-state index contributed by atoms with van der Waals surface area (Å²) in [6.45, 7) is 17.4. The molecule has 1 fully saturated rings. The number of nitriles is 1. The maximum atomic E-state index is 12.8. The highest BCUT2D eigenvalue weighted by atomic mass is 16.5. The summed E-state index contributed by atoms with van der Waals surface area (Å²) in [5.41, 5.74) is 2.35. The largest absolute Gasteiger partial charge is 0.379 e. The van der Waals surface area contributed by atoms with Crippen LogP contribution in [0.2, 0.25) is 0 Å².